The summed E-state index contributed by atoms with van der Waals surface area (Å²) in [5.74, 6) is 1.87. The molecule has 0 aliphatic rings. The summed E-state index contributed by atoms with van der Waals surface area (Å²) in [5.41, 5.74) is 14.3. The van der Waals surface area contributed by atoms with Gasteiger partial charge in [0, 0.05) is 18.7 Å². The van der Waals surface area contributed by atoms with Gasteiger partial charge in [-0.25, -0.2) is 15.0 Å². The number of imidazole rings is 3. The minimum Gasteiger partial charge on any atom is -0.338 e. The summed E-state index contributed by atoms with van der Waals surface area (Å²) < 4.78 is 114. The van der Waals surface area contributed by atoms with Gasteiger partial charge in [0.25, 0.3) is 0 Å². The van der Waals surface area contributed by atoms with Crippen LogP contribution in [0.4, 0.5) is 39.5 Å². The molecule has 12 rings (SSSR count). The van der Waals surface area contributed by atoms with E-state index in [9.17, 15) is 44.3 Å². The van der Waals surface area contributed by atoms with Crippen LogP contribution in [0.3, 0.4) is 0 Å². The Morgan fingerprint density at radius 1 is 0.411 bits per heavy atom. The van der Waals surface area contributed by atoms with E-state index in [0.29, 0.717) is 39.7 Å². The predicted molar refractivity (Wildman–Crippen MR) is 341 cm³/mol. The molecule has 0 saturated carbocycles. The molecular formula is C72H57F9N8O. The minimum atomic E-state index is -4.35. The number of fused-ring (bicyclic) bond motifs is 3. The van der Waals surface area contributed by atoms with Gasteiger partial charge in [0.1, 0.15) is 17.5 Å². The molecule has 0 atom stereocenters. The lowest BCUT2D eigenvalue weighted by atomic mass is 9.99. The number of carbonyl (C=O) groups is 1. The molecule has 18 heteroatoms. The number of aldehydes is 1. The summed E-state index contributed by atoms with van der Waals surface area (Å²) in [6.07, 6.45) is -1.77. The van der Waals surface area contributed by atoms with E-state index in [4.69, 9.17) is 0 Å². The summed E-state index contributed by atoms with van der Waals surface area (Å²) in [4.78, 5) is 36.7. The van der Waals surface area contributed by atoms with Crippen molar-refractivity contribution in [2.75, 3.05) is 21.1 Å². The average molecular weight is 1220 g/mol. The number of halogens is 9. The highest BCUT2D eigenvalue weighted by Crippen LogP contribution is 2.34. The first-order valence-electron chi connectivity index (χ1n) is 28.2. The van der Waals surface area contributed by atoms with Crippen LogP contribution in [-0.2, 0) is 31.6 Å². The first-order chi connectivity index (χ1) is 43.2. The van der Waals surface area contributed by atoms with E-state index in [2.05, 4.69) is 82.6 Å². The Labute approximate surface area is 512 Å². The van der Waals surface area contributed by atoms with Crippen LogP contribution in [-0.4, -0.2) is 62.2 Å². The number of rotatable bonds is 14. The normalized spacial score (nSPS) is 12.1. The highest BCUT2D eigenvalue weighted by atomic mass is 19.4. The number of carbonyl (C=O) groups excluding carboxylic acids is 1. The van der Waals surface area contributed by atoms with Crippen molar-refractivity contribution >= 4 is 75.8 Å². The van der Waals surface area contributed by atoms with Crippen molar-refractivity contribution in [3.8, 4) is 33.4 Å². The number of benzene rings is 9. The van der Waals surface area contributed by atoms with Gasteiger partial charge < -0.3 is 25.2 Å². The third-order valence-electron chi connectivity index (χ3n) is 14.4. The fourth-order valence-corrected chi connectivity index (χ4v) is 9.99. The van der Waals surface area contributed by atoms with Gasteiger partial charge in [0.15, 0.2) is 6.29 Å². The molecule has 9 aromatic carbocycles. The first kappa shape index (κ1) is 62.6. The second-order valence-electron chi connectivity index (χ2n) is 21.2. The molecule has 0 unspecified atom stereocenters. The molecule has 90 heavy (non-hydrogen) atoms. The molecule has 0 aliphatic carbocycles. The van der Waals surface area contributed by atoms with Crippen LogP contribution in [0.5, 0.6) is 0 Å². The summed E-state index contributed by atoms with van der Waals surface area (Å²) in [6.45, 7) is 1.62. The van der Waals surface area contributed by atoms with Crippen LogP contribution in [0.1, 0.15) is 72.3 Å². The van der Waals surface area contributed by atoms with E-state index in [1.54, 1.807) is 42.5 Å². The van der Waals surface area contributed by atoms with Crippen molar-refractivity contribution in [3.63, 3.8) is 0 Å². The van der Waals surface area contributed by atoms with Gasteiger partial charge in [0.2, 0.25) is 0 Å². The quantitative estimate of drug-likeness (QED) is 0.0636. The van der Waals surface area contributed by atoms with E-state index >= 15 is 0 Å². The topological polar surface area (TPSA) is 118 Å². The lowest BCUT2D eigenvalue weighted by molar-refractivity contribution is -0.138. The van der Waals surface area contributed by atoms with Crippen LogP contribution in [0, 0.1) is 0 Å². The number of aromatic amines is 3. The molecule has 3 aromatic heterocycles. The largest absolute Gasteiger partial charge is 0.416 e. The number of H-pyrrole nitrogens is 3. The Morgan fingerprint density at radius 2 is 0.744 bits per heavy atom. The van der Waals surface area contributed by atoms with E-state index in [1.165, 1.54) is 53.1 Å². The number of aromatic nitrogens is 6. The van der Waals surface area contributed by atoms with Crippen molar-refractivity contribution in [3.05, 3.63) is 268 Å². The van der Waals surface area contributed by atoms with Crippen molar-refractivity contribution in [2.45, 2.75) is 31.6 Å². The standard InChI is InChI=1S/C25H22F3N3.C24H20F3N3.C23H15F3N2O/c1-31(2)16-19-5-3-4-6-21(19)18-10-13-22-23(15-18)30-24(29-22)14-9-17-7-11-20(12-8-17)25(26,27)28;1-28-15-18-4-2-3-5-20(18)17-9-12-21-22(14-17)30-23(29-21)13-8-16-6-10-19(11-7-16)24(25,26)27;24-23(25,26)18-9-5-15(6-10-18)7-12-22-27-20-11-8-16(13-21(20)28-22)19-4-2-1-3-17(19)14-29/h3-15H,16H2,1-2H3,(H,29,30);2-14,28H,15H2,1H3,(H,29,30);1-14H,(H,27,28)/b14-9+;13-8+;12-7+. The Morgan fingerprint density at radius 3 is 1.10 bits per heavy atom. The minimum absolute atomic E-state index is 0.584. The number of hydrogen-bond donors (Lipinski definition) is 4. The number of nitrogens with zero attached hydrogens (tertiary/aromatic N) is 4. The molecule has 0 bridgehead atoms. The van der Waals surface area contributed by atoms with Crippen LogP contribution in [0.25, 0.3) is 103 Å². The van der Waals surface area contributed by atoms with Crippen molar-refractivity contribution in [2.24, 2.45) is 0 Å². The van der Waals surface area contributed by atoms with Crippen molar-refractivity contribution in [1.82, 2.24) is 40.1 Å². The molecule has 0 aliphatic heterocycles. The van der Waals surface area contributed by atoms with E-state index < -0.39 is 35.2 Å². The fourth-order valence-electron chi connectivity index (χ4n) is 9.99. The monoisotopic (exact) mass is 1220 g/mol. The maximum Gasteiger partial charge on any atom is 0.416 e. The van der Waals surface area contributed by atoms with E-state index in [0.717, 1.165) is 117 Å². The van der Waals surface area contributed by atoms with Gasteiger partial charge >= 0.3 is 18.5 Å². The SMILES string of the molecule is CN(C)Cc1ccccc1-c1ccc2nc(/C=C/c3ccc(C(F)(F)F)cc3)[nH]c2c1.CNCc1ccccc1-c1ccc2nc(/C=C/c3ccc(C(F)(F)F)cc3)[nH]c2c1.O=Cc1ccccc1-c1ccc2nc(/C=C/c3ccc(C(F)(F)F)cc3)[nH]c2c1. The van der Waals surface area contributed by atoms with Gasteiger partial charge in [-0.1, -0.05) is 146 Å². The van der Waals surface area contributed by atoms with Crippen LogP contribution in [0.15, 0.2) is 200 Å². The maximum atomic E-state index is 12.7. The van der Waals surface area contributed by atoms with Crippen molar-refractivity contribution in [1.29, 1.82) is 0 Å². The molecule has 0 saturated heterocycles. The lowest BCUT2D eigenvalue weighted by Gasteiger charge is -2.14. The second-order valence-corrected chi connectivity index (χ2v) is 21.2. The van der Waals surface area contributed by atoms with Gasteiger partial charge in [-0.2, -0.15) is 39.5 Å². The smallest absolute Gasteiger partial charge is 0.338 e. The molecular weight excluding hydrogens is 1160 g/mol. The average Bonchev–Trinajstić information content (AvgIpc) is 1.73. The van der Waals surface area contributed by atoms with Gasteiger partial charge in [-0.3, -0.25) is 4.79 Å². The zero-order chi connectivity index (χ0) is 63.6. The van der Waals surface area contributed by atoms with E-state index in [1.807, 2.05) is 100 Å². The number of nitrogens with one attached hydrogen (secondary N) is 4. The van der Waals surface area contributed by atoms with Crippen LogP contribution in [0.2, 0.25) is 0 Å². The van der Waals surface area contributed by atoms with Crippen molar-refractivity contribution < 1.29 is 44.3 Å². The maximum absolute atomic E-state index is 12.7. The summed E-state index contributed by atoms with van der Waals surface area (Å²) in [5, 5.41) is 3.19. The molecule has 12 aromatic rings. The summed E-state index contributed by atoms with van der Waals surface area (Å²) >= 11 is 0. The highest BCUT2D eigenvalue weighted by molar-refractivity contribution is 5.91. The van der Waals surface area contributed by atoms with Crippen LogP contribution >= 0.6 is 0 Å². The molecule has 454 valence electrons. The number of hydrogen-bond acceptors (Lipinski definition) is 6. The molecule has 4 N–H and O–H groups in total. The van der Waals surface area contributed by atoms with Gasteiger partial charge in [0.05, 0.1) is 49.8 Å². The first-order valence-corrected chi connectivity index (χ1v) is 28.2. The highest BCUT2D eigenvalue weighted by Gasteiger charge is 2.31. The zero-order valence-corrected chi connectivity index (χ0v) is 48.6. The Balaban J connectivity index is 0.000000149. The zero-order valence-electron chi connectivity index (χ0n) is 48.6. The fraction of sp³-hybridized carbons (Fsp3) is 0.111. The Kier molecular flexibility index (Phi) is 19.0. The third-order valence-corrected chi connectivity index (χ3v) is 14.4. The molecule has 0 fully saturated rings. The molecule has 0 radical (unpaired) electrons. The molecule has 0 spiro atoms. The van der Waals surface area contributed by atoms with E-state index in [-0.39, 0.29) is 0 Å². The van der Waals surface area contributed by atoms with Crippen LogP contribution < -0.4 is 5.32 Å². The predicted octanol–water partition coefficient (Wildman–Crippen LogP) is 18.9. The summed E-state index contributed by atoms with van der Waals surface area (Å²) in [6, 6.07) is 56.7. The molecule has 9 nitrogen and oxygen atoms in total. The Hall–Kier alpha value is -10.4. The lowest BCUT2D eigenvalue weighted by Crippen LogP contribution is -2.11. The van der Waals surface area contributed by atoms with Gasteiger partial charge in [-0.15, -0.1) is 0 Å². The summed E-state index contributed by atoms with van der Waals surface area (Å²) in [7, 11) is 6.01. The Bertz CT molecular complexity index is 4530. The molecule has 0 amide bonds. The molecule has 3 heterocycles. The third kappa shape index (κ3) is 15.8. The second kappa shape index (κ2) is 27.3. The van der Waals surface area contributed by atoms with Gasteiger partial charge in [-0.05, 0) is 173 Å². The number of alkyl halides is 9.